The molecule has 2 N–H and O–H groups in total. The van der Waals surface area contributed by atoms with Crippen molar-refractivity contribution in [2.45, 2.75) is 58.2 Å². The SMILES string of the molecule is CCC1[C@@H](NC(=O)[C@H](CC(C)C)NC(=O)c2ccc3ccccc3n2)CCN1c1cccc(-c2ccccn2)c1. The fourth-order valence-electron chi connectivity index (χ4n) is 5.64. The molecule has 206 valence electrons. The van der Waals surface area contributed by atoms with Crippen LogP contribution in [0.1, 0.15) is 50.5 Å². The van der Waals surface area contributed by atoms with Crippen LogP contribution in [0.25, 0.3) is 22.2 Å². The van der Waals surface area contributed by atoms with E-state index in [9.17, 15) is 9.59 Å². The van der Waals surface area contributed by atoms with Gasteiger partial charge in [-0.05, 0) is 61.6 Å². The maximum absolute atomic E-state index is 13.6. The normalized spacial score (nSPS) is 17.6. The highest BCUT2D eigenvalue weighted by Gasteiger charge is 2.36. The Hall–Kier alpha value is -4.26. The van der Waals surface area contributed by atoms with E-state index in [1.165, 1.54) is 0 Å². The molecule has 1 unspecified atom stereocenters. The molecule has 2 aromatic heterocycles. The van der Waals surface area contributed by atoms with Gasteiger partial charge in [-0.15, -0.1) is 0 Å². The molecule has 7 heteroatoms. The van der Waals surface area contributed by atoms with E-state index >= 15 is 0 Å². The van der Waals surface area contributed by atoms with E-state index in [4.69, 9.17) is 0 Å². The van der Waals surface area contributed by atoms with Crippen LogP contribution in [-0.4, -0.2) is 46.5 Å². The third-order valence-corrected chi connectivity index (χ3v) is 7.59. The summed E-state index contributed by atoms with van der Waals surface area (Å²) in [5, 5.41) is 7.23. The summed E-state index contributed by atoms with van der Waals surface area (Å²) in [6.45, 7) is 7.11. The van der Waals surface area contributed by atoms with Crippen LogP contribution in [0.4, 0.5) is 5.69 Å². The lowest BCUT2D eigenvalue weighted by molar-refractivity contribution is -0.124. The van der Waals surface area contributed by atoms with Crippen LogP contribution in [-0.2, 0) is 4.79 Å². The minimum Gasteiger partial charge on any atom is -0.366 e. The highest BCUT2D eigenvalue weighted by molar-refractivity contribution is 5.97. The van der Waals surface area contributed by atoms with Gasteiger partial charge in [0.25, 0.3) is 5.91 Å². The molecular weight excluding hydrogens is 498 g/mol. The van der Waals surface area contributed by atoms with E-state index in [2.05, 4.69) is 70.5 Å². The van der Waals surface area contributed by atoms with Gasteiger partial charge in [0.2, 0.25) is 5.91 Å². The van der Waals surface area contributed by atoms with E-state index in [0.717, 1.165) is 47.2 Å². The van der Waals surface area contributed by atoms with E-state index in [1.807, 2.05) is 48.5 Å². The van der Waals surface area contributed by atoms with E-state index in [0.29, 0.717) is 12.1 Å². The zero-order valence-electron chi connectivity index (χ0n) is 23.4. The van der Waals surface area contributed by atoms with Crippen molar-refractivity contribution in [2.75, 3.05) is 11.4 Å². The number of carbonyl (C=O) groups is 2. The molecule has 4 aromatic rings. The van der Waals surface area contributed by atoms with Crippen molar-refractivity contribution in [3.63, 3.8) is 0 Å². The van der Waals surface area contributed by atoms with E-state index in [-0.39, 0.29) is 29.8 Å². The second kappa shape index (κ2) is 12.3. The first-order chi connectivity index (χ1) is 19.4. The molecule has 0 bridgehead atoms. The Labute approximate surface area is 236 Å². The van der Waals surface area contributed by atoms with E-state index < -0.39 is 6.04 Å². The summed E-state index contributed by atoms with van der Waals surface area (Å²) < 4.78 is 0. The van der Waals surface area contributed by atoms with Crippen molar-refractivity contribution < 1.29 is 9.59 Å². The second-order valence-corrected chi connectivity index (χ2v) is 10.9. The second-order valence-electron chi connectivity index (χ2n) is 10.9. The molecule has 0 aliphatic carbocycles. The number of fused-ring (bicyclic) bond motifs is 1. The molecule has 5 rings (SSSR count). The third kappa shape index (κ3) is 6.14. The van der Waals surface area contributed by atoms with Crippen molar-refractivity contribution in [1.29, 1.82) is 0 Å². The molecule has 0 radical (unpaired) electrons. The lowest BCUT2D eigenvalue weighted by Gasteiger charge is -2.31. The number of benzene rings is 2. The van der Waals surface area contributed by atoms with Crippen LogP contribution in [0, 0.1) is 5.92 Å². The number of anilines is 1. The topological polar surface area (TPSA) is 87.2 Å². The molecule has 1 aliphatic rings. The van der Waals surface area contributed by atoms with E-state index in [1.54, 1.807) is 12.3 Å². The Bertz CT molecular complexity index is 1470. The molecule has 40 heavy (non-hydrogen) atoms. The van der Waals surface area contributed by atoms with Crippen molar-refractivity contribution in [2.24, 2.45) is 5.92 Å². The third-order valence-electron chi connectivity index (χ3n) is 7.59. The quantitative estimate of drug-likeness (QED) is 0.291. The number of nitrogens with zero attached hydrogens (tertiary/aromatic N) is 3. The molecule has 3 heterocycles. The largest absolute Gasteiger partial charge is 0.366 e. The van der Waals surface area contributed by atoms with Crippen LogP contribution in [0.15, 0.2) is 85.1 Å². The molecule has 1 aliphatic heterocycles. The number of nitrogens with one attached hydrogen (secondary N) is 2. The van der Waals surface area contributed by atoms with Crippen LogP contribution in [0.2, 0.25) is 0 Å². The first-order valence-electron chi connectivity index (χ1n) is 14.2. The van der Waals surface area contributed by atoms with Crippen LogP contribution in [0.5, 0.6) is 0 Å². The average molecular weight is 536 g/mol. The summed E-state index contributed by atoms with van der Waals surface area (Å²) in [5.74, 6) is -0.245. The Morgan fingerprint density at radius 3 is 2.60 bits per heavy atom. The monoisotopic (exact) mass is 535 g/mol. The average Bonchev–Trinajstić information content (AvgIpc) is 3.39. The molecule has 3 atom stereocenters. The van der Waals surface area contributed by atoms with Gasteiger partial charge < -0.3 is 15.5 Å². The predicted octanol–water partition coefficient (Wildman–Crippen LogP) is 5.62. The number of hydrogen-bond acceptors (Lipinski definition) is 5. The van der Waals surface area contributed by atoms with Crippen LogP contribution in [0.3, 0.4) is 0 Å². The van der Waals surface area contributed by atoms with Gasteiger partial charge in [0.05, 0.1) is 17.3 Å². The Kier molecular flexibility index (Phi) is 8.39. The highest BCUT2D eigenvalue weighted by atomic mass is 16.2. The first-order valence-corrected chi connectivity index (χ1v) is 14.2. The number of para-hydroxylation sites is 1. The summed E-state index contributed by atoms with van der Waals surface area (Å²) in [5.41, 5.74) is 4.20. The first kappa shape index (κ1) is 27.3. The van der Waals surface area contributed by atoms with Crippen molar-refractivity contribution in [3.8, 4) is 11.3 Å². The van der Waals surface area contributed by atoms with Gasteiger partial charge in [0.15, 0.2) is 0 Å². The maximum Gasteiger partial charge on any atom is 0.270 e. The number of aromatic nitrogens is 2. The summed E-state index contributed by atoms with van der Waals surface area (Å²) in [6, 6.07) is 25.1. The van der Waals surface area contributed by atoms with Gasteiger partial charge in [-0.25, -0.2) is 4.98 Å². The summed E-state index contributed by atoms with van der Waals surface area (Å²) >= 11 is 0. The fourth-order valence-corrected chi connectivity index (χ4v) is 5.64. The number of rotatable bonds is 9. The van der Waals surface area contributed by atoms with Gasteiger partial charge in [-0.3, -0.25) is 14.6 Å². The lowest BCUT2D eigenvalue weighted by Crippen LogP contribution is -2.53. The van der Waals surface area contributed by atoms with Crippen LogP contribution >= 0.6 is 0 Å². The standard InChI is InChI=1S/C33H37N5O2/c1-4-31-28(17-19-38(31)25-12-9-11-24(21-25)26-13-7-8-18-34-26)36-33(40)30(20-22(2)3)37-32(39)29-16-15-23-10-5-6-14-27(23)35-29/h5-16,18,21-22,28,30-31H,4,17,19-20H2,1-3H3,(H,36,40)(H,37,39)/t28-,30-,31?/m0/s1. The minimum absolute atomic E-state index is 0.0126. The zero-order valence-corrected chi connectivity index (χ0v) is 23.4. The molecule has 0 saturated carbocycles. The molecule has 7 nitrogen and oxygen atoms in total. The molecular formula is C33H37N5O2. The van der Waals surface area contributed by atoms with Gasteiger partial charge in [-0.2, -0.15) is 0 Å². The number of carbonyl (C=O) groups excluding carboxylic acids is 2. The molecule has 0 spiro atoms. The Morgan fingerprint density at radius 1 is 1.00 bits per heavy atom. The number of pyridine rings is 2. The van der Waals surface area contributed by atoms with Gasteiger partial charge in [0, 0.05) is 35.4 Å². The smallest absolute Gasteiger partial charge is 0.270 e. The lowest BCUT2D eigenvalue weighted by atomic mass is 10.0. The van der Waals surface area contributed by atoms with Crippen LogP contribution < -0.4 is 15.5 Å². The summed E-state index contributed by atoms with van der Waals surface area (Å²) in [4.78, 5) is 38.1. The zero-order chi connectivity index (χ0) is 28.1. The molecule has 1 saturated heterocycles. The molecule has 1 fully saturated rings. The van der Waals surface area contributed by atoms with Gasteiger partial charge >= 0.3 is 0 Å². The number of amides is 2. The Balaban J connectivity index is 1.29. The van der Waals surface area contributed by atoms with Gasteiger partial charge in [-0.1, -0.05) is 63.2 Å². The Morgan fingerprint density at radius 2 is 1.82 bits per heavy atom. The number of hydrogen-bond donors (Lipinski definition) is 2. The van der Waals surface area contributed by atoms with Crippen molar-refractivity contribution in [3.05, 3.63) is 90.8 Å². The summed E-state index contributed by atoms with van der Waals surface area (Å²) in [7, 11) is 0. The minimum atomic E-state index is -0.639. The fraction of sp³-hybridized carbons (Fsp3) is 0.333. The maximum atomic E-state index is 13.6. The van der Waals surface area contributed by atoms with Crippen molar-refractivity contribution in [1.82, 2.24) is 20.6 Å². The van der Waals surface area contributed by atoms with Gasteiger partial charge in [0.1, 0.15) is 11.7 Å². The molecule has 2 amide bonds. The summed E-state index contributed by atoms with van der Waals surface area (Å²) in [6.07, 6.45) is 4.08. The molecule has 2 aromatic carbocycles. The predicted molar refractivity (Wildman–Crippen MR) is 160 cm³/mol. The highest BCUT2D eigenvalue weighted by Crippen LogP contribution is 2.31. The van der Waals surface area contributed by atoms with Crippen molar-refractivity contribution >= 4 is 28.4 Å².